The van der Waals surface area contributed by atoms with Crippen LogP contribution in [0.4, 0.5) is 9.59 Å². The van der Waals surface area contributed by atoms with Gasteiger partial charge in [0.2, 0.25) is 0 Å². The number of ether oxygens (including phenoxy) is 8. The second kappa shape index (κ2) is 18.1. The second-order valence-corrected chi connectivity index (χ2v) is 12.4. The number of hydrogen-bond donors (Lipinski definition) is 0. The Kier molecular flexibility index (Phi) is 15.6. The molecule has 0 amide bonds. The minimum Gasteiger partial charge on any atom is -0.492 e. The van der Waals surface area contributed by atoms with E-state index in [2.05, 4.69) is 76.9 Å². The average Bonchev–Trinajstić information content (AvgIpc) is 3.00. The van der Waals surface area contributed by atoms with Crippen LogP contribution in [0.1, 0.15) is 52.7 Å². The quantitative estimate of drug-likeness (QED) is 0.0919. The standard InChI is InChI=1S/C31H36Br4O10/c1-9-15-42-29(36)44-27-19(32)23(38-11-3)17(24(20(27)33)39-12-4)31(7,8)18-25(40-13-5)21(34)28(22(35)26(18)41-14-6)45-30(37)43-16-10-2/h9-10H,1-2,11-16H2,3-8H3. The molecule has 14 heteroatoms. The Morgan fingerprint density at radius 1 is 0.578 bits per heavy atom. The molecule has 10 nitrogen and oxygen atoms in total. The van der Waals surface area contributed by atoms with Crippen LogP contribution in [-0.4, -0.2) is 52.0 Å². The third kappa shape index (κ3) is 8.89. The van der Waals surface area contributed by atoms with Crippen molar-refractivity contribution in [1.82, 2.24) is 0 Å². The van der Waals surface area contributed by atoms with E-state index >= 15 is 0 Å². The molecule has 0 saturated heterocycles. The maximum Gasteiger partial charge on any atom is 0.514 e. The number of carbonyl (C=O) groups is 2. The number of rotatable bonds is 16. The Bertz CT molecular complexity index is 1240. The molecule has 0 radical (unpaired) electrons. The fourth-order valence-electron chi connectivity index (χ4n) is 4.29. The van der Waals surface area contributed by atoms with Gasteiger partial charge < -0.3 is 37.9 Å². The third-order valence-corrected chi connectivity index (χ3v) is 8.80. The van der Waals surface area contributed by atoms with Crippen molar-refractivity contribution < 1.29 is 47.5 Å². The van der Waals surface area contributed by atoms with Crippen molar-refractivity contribution in [2.75, 3.05) is 39.6 Å². The highest BCUT2D eigenvalue weighted by molar-refractivity contribution is 9.11. The normalized spacial score (nSPS) is 10.9. The lowest BCUT2D eigenvalue weighted by Crippen LogP contribution is -2.26. The Morgan fingerprint density at radius 3 is 1.07 bits per heavy atom. The van der Waals surface area contributed by atoms with Gasteiger partial charge in [0, 0.05) is 16.5 Å². The predicted molar refractivity (Wildman–Crippen MR) is 185 cm³/mol. The molecule has 0 aliphatic carbocycles. The molecule has 0 N–H and O–H groups in total. The molecule has 2 aromatic rings. The van der Waals surface area contributed by atoms with Gasteiger partial charge in [-0.15, -0.1) is 0 Å². The molecule has 0 spiro atoms. The molecule has 0 unspecified atom stereocenters. The highest BCUT2D eigenvalue weighted by atomic mass is 79.9. The van der Waals surface area contributed by atoms with Gasteiger partial charge in [0.05, 0.1) is 26.4 Å². The molecule has 0 fully saturated rings. The van der Waals surface area contributed by atoms with Gasteiger partial charge in [-0.05, 0) is 91.4 Å². The fraction of sp³-hybridized carbons (Fsp3) is 0.419. The van der Waals surface area contributed by atoms with Crippen molar-refractivity contribution in [3.63, 3.8) is 0 Å². The molecule has 0 aromatic heterocycles. The number of hydrogen-bond acceptors (Lipinski definition) is 10. The monoisotopic (exact) mass is 884 g/mol. The molecule has 0 saturated carbocycles. The van der Waals surface area contributed by atoms with E-state index in [1.54, 1.807) is 0 Å². The van der Waals surface area contributed by atoms with Gasteiger partial charge in [-0.3, -0.25) is 0 Å². The van der Waals surface area contributed by atoms with Crippen LogP contribution in [0.3, 0.4) is 0 Å². The van der Waals surface area contributed by atoms with E-state index in [9.17, 15) is 9.59 Å². The first-order valence-electron chi connectivity index (χ1n) is 13.9. The first kappa shape index (κ1) is 38.8. The summed E-state index contributed by atoms with van der Waals surface area (Å²) in [5.41, 5.74) is 0.108. The molecule has 2 rings (SSSR count). The van der Waals surface area contributed by atoms with Crippen LogP contribution >= 0.6 is 63.7 Å². The van der Waals surface area contributed by atoms with Gasteiger partial charge in [0.1, 0.15) is 54.1 Å². The first-order valence-corrected chi connectivity index (χ1v) is 17.1. The molecule has 0 bridgehead atoms. The summed E-state index contributed by atoms with van der Waals surface area (Å²) in [5.74, 6) is 1.54. The smallest absolute Gasteiger partial charge is 0.492 e. The summed E-state index contributed by atoms with van der Waals surface area (Å²) in [4.78, 5) is 25.0. The highest BCUT2D eigenvalue weighted by Crippen LogP contribution is 2.60. The van der Waals surface area contributed by atoms with Gasteiger partial charge in [-0.2, -0.15) is 0 Å². The van der Waals surface area contributed by atoms with Crippen molar-refractivity contribution in [2.24, 2.45) is 0 Å². The summed E-state index contributed by atoms with van der Waals surface area (Å²) in [6.07, 6.45) is 0.967. The fourth-order valence-corrected chi connectivity index (χ4v) is 7.19. The summed E-state index contributed by atoms with van der Waals surface area (Å²) in [6, 6.07) is 0. The van der Waals surface area contributed by atoms with Crippen LogP contribution in [0, 0.1) is 0 Å². The van der Waals surface area contributed by atoms with Crippen molar-refractivity contribution in [3.05, 3.63) is 54.3 Å². The van der Waals surface area contributed by atoms with Crippen LogP contribution in [-0.2, 0) is 14.9 Å². The maximum absolute atomic E-state index is 12.5. The lowest BCUT2D eigenvalue weighted by Gasteiger charge is -2.35. The zero-order chi connectivity index (χ0) is 33.9. The van der Waals surface area contributed by atoms with Crippen molar-refractivity contribution in [2.45, 2.75) is 47.0 Å². The molecule has 0 aliphatic heterocycles. The summed E-state index contributed by atoms with van der Waals surface area (Å²) in [7, 11) is 0. The molecular weight excluding hydrogens is 852 g/mol. The Morgan fingerprint density at radius 2 is 0.844 bits per heavy atom. The summed E-state index contributed by atoms with van der Waals surface area (Å²) in [6.45, 7) is 19.3. The van der Waals surface area contributed by atoms with Crippen molar-refractivity contribution in [3.8, 4) is 34.5 Å². The molecule has 45 heavy (non-hydrogen) atoms. The molecular formula is C31H36Br4O10. The van der Waals surface area contributed by atoms with E-state index in [1.165, 1.54) is 12.2 Å². The lowest BCUT2D eigenvalue weighted by molar-refractivity contribution is 0.107. The number of halogens is 4. The topological polar surface area (TPSA) is 108 Å². The second-order valence-electron chi connectivity index (χ2n) is 9.24. The van der Waals surface area contributed by atoms with Crippen LogP contribution in [0.5, 0.6) is 34.5 Å². The van der Waals surface area contributed by atoms with Crippen molar-refractivity contribution in [1.29, 1.82) is 0 Å². The van der Waals surface area contributed by atoms with Gasteiger partial charge in [0.15, 0.2) is 11.5 Å². The van der Waals surface area contributed by atoms with E-state index in [0.29, 0.717) is 52.0 Å². The minimum absolute atomic E-state index is 0.0360. The SMILES string of the molecule is C=CCOC(=O)Oc1c(Br)c(OCC)c(C(C)(C)c2c(OCC)c(Br)c(OC(=O)OCC=C)c(Br)c2OCC)c(OCC)c1Br. The van der Waals surface area contributed by atoms with Gasteiger partial charge in [-0.25, -0.2) is 9.59 Å². The van der Waals surface area contributed by atoms with Crippen LogP contribution < -0.4 is 28.4 Å². The number of carbonyl (C=O) groups excluding carboxylic acids is 2. The van der Waals surface area contributed by atoms with E-state index < -0.39 is 17.7 Å². The van der Waals surface area contributed by atoms with Gasteiger partial charge in [0.25, 0.3) is 0 Å². The highest BCUT2D eigenvalue weighted by Gasteiger charge is 2.42. The zero-order valence-electron chi connectivity index (χ0n) is 25.9. The third-order valence-electron chi connectivity index (χ3n) is 5.92. The van der Waals surface area contributed by atoms with E-state index in [0.717, 1.165) is 0 Å². The van der Waals surface area contributed by atoms with E-state index in [-0.39, 0.29) is 51.1 Å². The molecule has 0 heterocycles. The zero-order valence-corrected chi connectivity index (χ0v) is 32.2. The average molecular weight is 888 g/mol. The Labute approximate surface area is 297 Å². The summed E-state index contributed by atoms with van der Waals surface area (Å²) >= 11 is 14.4. The van der Waals surface area contributed by atoms with Crippen molar-refractivity contribution >= 4 is 76.0 Å². The molecule has 248 valence electrons. The first-order chi connectivity index (χ1) is 21.4. The summed E-state index contributed by atoms with van der Waals surface area (Å²) in [5, 5.41) is 0. The molecule has 2 aromatic carbocycles. The maximum atomic E-state index is 12.5. The molecule has 0 atom stereocenters. The minimum atomic E-state index is -1.02. The van der Waals surface area contributed by atoms with Crippen LogP contribution in [0.25, 0.3) is 0 Å². The Balaban J connectivity index is 3.06. The van der Waals surface area contributed by atoms with E-state index in [1.807, 2.05) is 41.5 Å². The van der Waals surface area contributed by atoms with Crippen LogP contribution in [0.2, 0.25) is 0 Å². The van der Waals surface area contributed by atoms with Crippen LogP contribution in [0.15, 0.2) is 43.2 Å². The summed E-state index contributed by atoms with van der Waals surface area (Å²) < 4.78 is 47.4. The Hall–Kier alpha value is -2.42. The van der Waals surface area contributed by atoms with Gasteiger partial charge in [-0.1, -0.05) is 39.2 Å². The largest absolute Gasteiger partial charge is 0.514 e. The predicted octanol–water partition coefficient (Wildman–Crippen LogP) is 10.1. The van der Waals surface area contributed by atoms with Gasteiger partial charge >= 0.3 is 12.3 Å². The lowest BCUT2D eigenvalue weighted by atomic mass is 9.75. The number of benzene rings is 2. The molecule has 0 aliphatic rings. The van der Waals surface area contributed by atoms with E-state index in [4.69, 9.17) is 37.9 Å².